The van der Waals surface area contributed by atoms with Gasteiger partial charge in [0.25, 0.3) is 5.56 Å². The number of benzene rings is 1. The zero-order valence-corrected chi connectivity index (χ0v) is 16.4. The Kier molecular flexibility index (Phi) is 6.30. The number of methoxy groups -OCH3 is 1. The number of thioether (sulfide) groups is 1. The van der Waals surface area contributed by atoms with Crippen LogP contribution in [0.2, 0.25) is 0 Å². The van der Waals surface area contributed by atoms with E-state index in [1.54, 1.807) is 18.2 Å². The molecule has 7 nitrogen and oxygen atoms in total. The fraction of sp³-hybridized carbons (Fsp3) is 0.412. The average molecular weight is 397 g/mol. The summed E-state index contributed by atoms with van der Waals surface area (Å²) in [6, 6.07) is 4.71. The van der Waals surface area contributed by atoms with Crippen molar-refractivity contribution in [2.75, 3.05) is 20.2 Å². The number of ether oxygens (including phenoxy) is 1. The van der Waals surface area contributed by atoms with Gasteiger partial charge in [0, 0.05) is 18.5 Å². The number of rotatable bonds is 3. The van der Waals surface area contributed by atoms with E-state index in [-0.39, 0.29) is 23.4 Å². The molecule has 26 heavy (non-hydrogen) atoms. The number of carbonyl (C=O) groups is 1. The van der Waals surface area contributed by atoms with E-state index >= 15 is 0 Å². The number of nitrogens with one attached hydrogen (secondary N) is 2. The molecular weight excluding hydrogens is 376 g/mol. The van der Waals surface area contributed by atoms with Crippen LogP contribution in [0.4, 0.5) is 0 Å². The van der Waals surface area contributed by atoms with Crippen LogP contribution in [0, 0.1) is 5.41 Å². The molecular formula is C17H21ClN4O3S. The lowest BCUT2D eigenvalue weighted by molar-refractivity contribution is 0.0601. The van der Waals surface area contributed by atoms with Crippen LogP contribution in [0.3, 0.4) is 0 Å². The largest absolute Gasteiger partial charge is 0.465 e. The molecule has 2 heterocycles. The minimum atomic E-state index is -0.455. The number of hydrogen-bond donors (Lipinski definition) is 2. The molecule has 0 aliphatic carbocycles. The second-order valence-electron chi connectivity index (χ2n) is 6.66. The Labute approximate surface area is 161 Å². The normalized spacial score (nSPS) is 15.6. The Morgan fingerprint density at radius 2 is 2.15 bits per heavy atom. The molecule has 0 saturated heterocycles. The molecule has 2 aromatic rings. The maximum Gasteiger partial charge on any atom is 0.337 e. The van der Waals surface area contributed by atoms with Gasteiger partial charge in [-0.3, -0.25) is 9.79 Å². The van der Waals surface area contributed by atoms with Crippen molar-refractivity contribution >= 4 is 46.2 Å². The van der Waals surface area contributed by atoms with Gasteiger partial charge in [-0.1, -0.05) is 25.6 Å². The molecule has 0 radical (unpaired) electrons. The molecule has 0 fully saturated rings. The highest BCUT2D eigenvalue weighted by Gasteiger charge is 2.22. The predicted molar refractivity (Wildman–Crippen MR) is 106 cm³/mol. The fourth-order valence-electron chi connectivity index (χ4n) is 2.45. The number of fused-ring (bicyclic) bond motifs is 1. The van der Waals surface area contributed by atoms with Crippen molar-refractivity contribution in [3.8, 4) is 0 Å². The Balaban J connectivity index is 0.00000243. The minimum Gasteiger partial charge on any atom is -0.465 e. The van der Waals surface area contributed by atoms with Crippen molar-refractivity contribution in [1.29, 1.82) is 0 Å². The van der Waals surface area contributed by atoms with E-state index in [0.29, 0.717) is 28.0 Å². The van der Waals surface area contributed by atoms with Crippen molar-refractivity contribution in [2.45, 2.75) is 19.6 Å². The van der Waals surface area contributed by atoms with Crippen molar-refractivity contribution < 1.29 is 9.53 Å². The number of halogens is 1. The molecule has 9 heteroatoms. The molecule has 0 unspecified atom stereocenters. The first-order valence-electron chi connectivity index (χ1n) is 7.90. The molecule has 1 aromatic heterocycles. The monoisotopic (exact) mass is 396 g/mol. The first-order valence-corrected chi connectivity index (χ1v) is 8.89. The summed E-state index contributed by atoms with van der Waals surface area (Å²) < 4.78 is 4.71. The fourth-order valence-corrected chi connectivity index (χ4v) is 3.19. The molecule has 1 aliphatic heterocycles. The molecule has 2 N–H and O–H groups in total. The maximum atomic E-state index is 12.2. The molecule has 0 spiro atoms. The first-order chi connectivity index (χ1) is 11.9. The van der Waals surface area contributed by atoms with Gasteiger partial charge in [0.05, 0.1) is 29.3 Å². The Hall–Kier alpha value is -2.06. The van der Waals surface area contributed by atoms with Gasteiger partial charge in [-0.05, 0) is 18.2 Å². The highest BCUT2D eigenvalue weighted by molar-refractivity contribution is 8.13. The van der Waals surface area contributed by atoms with Crippen LogP contribution >= 0.6 is 24.2 Å². The molecule has 0 saturated carbocycles. The average Bonchev–Trinajstić information content (AvgIpc) is 2.59. The zero-order chi connectivity index (χ0) is 18.0. The Bertz CT molecular complexity index is 911. The van der Waals surface area contributed by atoms with Crippen molar-refractivity contribution in [3.63, 3.8) is 0 Å². The number of aliphatic imine (C=N–C) groups is 1. The number of amidine groups is 1. The number of H-pyrrole nitrogens is 1. The highest BCUT2D eigenvalue weighted by atomic mass is 35.5. The van der Waals surface area contributed by atoms with Crippen LogP contribution in [0.15, 0.2) is 28.0 Å². The summed E-state index contributed by atoms with van der Waals surface area (Å²) in [7, 11) is 1.32. The number of aromatic amines is 1. The van der Waals surface area contributed by atoms with Crippen LogP contribution in [0.25, 0.3) is 10.9 Å². The van der Waals surface area contributed by atoms with Gasteiger partial charge in [-0.2, -0.15) is 0 Å². The highest BCUT2D eigenvalue weighted by Crippen LogP contribution is 2.21. The third kappa shape index (κ3) is 4.56. The molecule has 0 amide bonds. The third-order valence-corrected chi connectivity index (χ3v) is 4.86. The van der Waals surface area contributed by atoms with Gasteiger partial charge in [0.15, 0.2) is 5.17 Å². The van der Waals surface area contributed by atoms with Crippen LogP contribution in [-0.4, -0.2) is 41.3 Å². The van der Waals surface area contributed by atoms with E-state index in [4.69, 9.17) is 4.74 Å². The van der Waals surface area contributed by atoms with Crippen LogP contribution in [-0.2, 0) is 10.5 Å². The molecule has 0 atom stereocenters. The quantitative estimate of drug-likeness (QED) is 0.773. The second-order valence-corrected chi connectivity index (χ2v) is 7.63. The van der Waals surface area contributed by atoms with Gasteiger partial charge in [-0.25, -0.2) is 9.78 Å². The van der Waals surface area contributed by atoms with Gasteiger partial charge in [-0.15, -0.1) is 12.4 Å². The lowest BCUT2D eigenvalue weighted by Crippen LogP contribution is -2.39. The van der Waals surface area contributed by atoms with Crippen molar-refractivity contribution in [2.24, 2.45) is 10.4 Å². The van der Waals surface area contributed by atoms with E-state index in [0.717, 1.165) is 18.3 Å². The van der Waals surface area contributed by atoms with Crippen LogP contribution < -0.4 is 10.9 Å². The van der Waals surface area contributed by atoms with Gasteiger partial charge < -0.3 is 15.0 Å². The molecule has 3 rings (SSSR count). The third-order valence-electron chi connectivity index (χ3n) is 3.89. The summed E-state index contributed by atoms with van der Waals surface area (Å²) in [6.45, 7) is 5.95. The van der Waals surface area contributed by atoms with E-state index < -0.39 is 5.97 Å². The van der Waals surface area contributed by atoms with E-state index in [2.05, 4.69) is 34.1 Å². The Morgan fingerprint density at radius 1 is 1.38 bits per heavy atom. The van der Waals surface area contributed by atoms with Crippen molar-refractivity contribution in [1.82, 2.24) is 15.3 Å². The summed E-state index contributed by atoms with van der Waals surface area (Å²) in [5, 5.41) is 4.59. The van der Waals surface area contributed by atoms with Crippen LogP contribution in [0.5, 0.6) is 0 Å². The smallest absolute Gasteiger partial charge is 0.337 e. The zero-order valence-electron chi connectivity index (χ0n) is 14.8. The van der Waals surface area contributed by atoms with E-state index in [1.807, 2.05) is 0 Å². The predicted octanol–water partition coefficient (Wildman–Crippen LogP) is 2.35. The van der Waals surface area contributed by atoms with Gasteiger partial charge in [0.1, 0.15) is 5.82 Å². The summed E-state index contributed by atoms with van der Waals surface area (Å²) in [4.78, 5) is 35.6. The van der Waals surface area contributed by atoms with E-state index in [1.165, 1.54) is 18.9 Å². The molecule has 1 aromatic carbocycles. The summed E-state index contributed by atoms with van der Waals surface area (Å²) in [5.74, 6) is 0.571. The van der Waals surface area contributed by atoms with Crippen LogP contribution in [0.1, 0.15) is 30.0 Å². The summed E-state index contributed by atoms with van der Waals surface area (Å²) in [6.07, 6.45) is 0. The van der Waals surface area contributed by atoms with Gasteiger partial charge in [0.2, 0.25) is 0 Å². The maximum absolute atomic E-state index is 12.2. The van der Waals surface area contributed by atoms with Crippen molar-refractivity contribution in [3.05, 3.63) is 39.9 Å². The molecule has 1 aliphatic rings. The number of esters is 1. The number of nitrogens with zero attached hydrogens (tertiary/aromatic N) is 2. The second kappa shape index (κ2) is 8.09. The summed E-state index contributed by atoms with van der Waals surface area (Å²) in [5.41, 5.74) is 0.773. The number of carbonyl (C=O) groups excluding carboxylic acids is 1. The van der Waals surface area contributed by atoms with Gasteiger partial charge >= 0.3 is 5.97 Å². The SMILES string of the molecule is COC(=O)c1ccc2c(=O)[nH]c(CSC3=NCC(C)(C)CN3)nc2c1.Cl. The Morgan fingerprint density at radius 3 is 2.81 bits per heavy atom. The lowest BCUT2D eigenvalue weighted by Gasteiger charge is -2.28. The van der Waals surface area contributed by atoms with E-state index in [9.17, 15) is 9.59 Å². The standard InChI is InChI=1S/C17H20N4O3S.ClH/c1-17(2)8-18-16(19-9-17)25-7-13-20-12-6-10(15(23)24-3)4-5-11(12)14(22)21-13;/h4-6H,7-9H2,1-3H3,(H,18,19)(H,20,21,22);1H. The molecule has 0 bridgehead atoms. The number of hydrogen-bond acceptors (Lipinski definition) is 7. The lowest BCUT2D eigenvalue weighted by atomic mass is 9.93. The number of aromatic nitrogens is 2. The topological polar surface area (TPSA) is 96.4 Å². The minimum absolute atomic E-state index is 0. The molecule has 140 valence electrons. The first kappa shape index (κ1) is 20.3. The summed E-state index contributed by atoms with van der Waals surface area (Å²) >= 11 is 1.50.